The summed E-state index contributed by atoms with van der Waals surface area (Å²) in [7, 11) is 0. The van der Waals surface area contributed by atoms with Crippen molar-refractivity contribution in [1.29, 1.82) is 0 Å². The molecule has 2 bridgehead atoms. The molecule has 0 aromatic rings. The molecule has 2 aliphatic carbocycles. The lowest BCUT2D eigenvalue weighted by Crippen LogP contribution is -2.43. The maximum absolute atomic E-state index is 12.0. The van der Waals surface area contributed by atoms with E-state index in [2.05, 4.69) is 5.32 Å². The fraction of sp³-hybridized carbons (Fsp3) is 0.857. The molecule has 5 nitrogen and oxygen atoms in total. The van der Waals surface area contributed by atoms with Crippen molar-refractivity contribution in [3.8, 4) is 0 Å². The Morgan fingerprint density at radius 2 is 2.05 bits per heavy atom. The molecule has 1 amide bonds. The van der Waals surface area contributed by atoms with E-state index in [-0.39, 0.29) is 18.6 Å². The first-order valence-electron chi connectivity index (χ1n) is 7.23. The van der Waals surface area contributed by atoms with E-state index in [9.17, 15) is 9.59 Å². The SMILES string of the molecule is O=C(CC1CC2CCC1C2)NC1COCC1C(=O)O. The molecular weight excluding hydrogens is 246 g/mol. The van der Waals surface area contributed by atoms with Gasteiger partial charge in [0.1, 0.15) is 5.92 Å². The summed E-state index contributed by atoms with van der Waals surface area (Å²) in [4.78, 5) is 23.1. The van der Waals surface area contributed by atoms with Gasteiger partial charge in [0.15, 0.2) is 0 Å². The average molecular weight is 267 g/mol. The zero-order chi connectivity index (χ0) is 13.4. The van der Waals surface area contributed by atoms with E-state index in [1.54, 1.807) is 0 Å². The summed E-state index contributed by atoms with van der Waals surface area (Å²) >= 11 is 0. The third-order valence-corrected chi connectivity index (χ3v) is 5.08. The predicted molar refractivity (Wildman–Crippen MR) is 67.4 cm³/mol. The molecule has 3 fully saturated rings. The van der Waals surface area contributed by atoms with E-state index in [4.69, 9.17) is 9.84 Å². The van der Waals surface area contributed by atoms with Gasteiger partial charge in [-0.05, 0) is 37.0 Å². The van der Waals surface area contributed by atoms with Crippen LogP contribution in [-0.4, -0.2) is 36.2 Å². The zero-order valence-electron chi connectivity index (χ0n) is 11.0. The molecule has 1 aliphatic heterocycles. The topological polar surface area (TPSA) is 75.6 Å². The molecule has 19 heavy (non-hydrogen) atoms. The minimum Gasteiger partial charge on any atom is -0.481 e. The minimum absolute atomic E-state index is 0.000648. The molecule has 2 saturated carbocycles. The van der Waals surface area contributed by atoms with Crippen LogP contribution in [0.2, 0.25) is 0 Å². The molecule has 2 N–H and O–H groups in total. The van der Waals surface area contributed by atoms with Gasteiger partial charge < -0.3 is 15.2 Å². The summed E-state index contributed by atoms with van der Waals surface area (Å²) in [6.07, 6.45) is 5.64. The van der Waals surface area contributed by atoms with Gasteiger partial charge >= 0.3 is 5.97 Å². The van der Waals surface area contributed by atoms with E-state index in [0.717, 1.165) is 11.8 Å². The Balaban J connectivity index is 1.50. The van der Waals surface area contributed by atoms with Gasteiger partial charge in [-0.15, -0.1) is 0 Å². The number of ether oxygens (including phenoxy) is 1. The van der Waals surface area contributed by atoms with Crippen molar-refractivity contribution < 1.29 is 19.4 Å². The maximum Gasteiger partial charge on any atom is 0.311 e. The van der Waals surface area contributed by atoms with Gasteiger partial charge in [-0.2, -0.15) is 0 Å². The number of hydrogen-bond donors (Lipinski definition) is 2. The second kappa shape index (κ2) is 5.12. The van der Waals surface area contributed by atoms with Crippen LogP contribution in [0, 0.1) is 23.7 Å². The Kier molecular flexibility index (Phi) is 3.48. The first-order chi connectivity index (χ1) is 9.13. The summed E-state index contributed by atoms with van der Waals surface area (Å²) in [5.41, 5.74) is 0. The van der Waals surface area contributed by atoms with Crippen LogP contribution in [0.3, 0.4) is 0 Å². The Bertz CT molecular complexity index is 384. The number of nitrogens with one attached hydrogen (secondary N) is 1. The van der Waals surface area contributed by atoms with Crippen LogP contribution in [0.1, 0.15) is 32.1 Å². The fourth-order valence-corrected chi connectivity index (χ4v) is 4.07. The Hall–Kier alpha value is -1.10. The highest BCUT2D eigenvalue weighted by atomic mass is 16.5. The van der Waals surface area contributed by atoms with Crippen molar-refractivity contribution in [2.24, 2.45) is 23.7 Å². The predicted octanol–water partition coefficient (Wildman–Crippen LogP) is 1.03. The normalized spacial score (nSPS) is 40.5. The molecule has 3 aliphatic rings. The summed E-state index contributed by atoms with van der Waals surface area (Å²) in [6, 6.07) is -0.358. The monoisotopic (exact) mass is 267 g/mol. The molecular formula is C14H21NO4. The van der Waals surface area contributed by atoms with Crippen molar-refractivity contribution in [3.05, 3.63) is 0 Å². The van der Waals surface area contributed by atoms with E-state index in [1.165, 1.54) is 25.7 Å². The molecule has 5 heteroatoms. The van der Waals surface area contributed by atoms with Crippen LogP contribution in [0.4, 0.5) is 0 Å². The number of rotatable bonds is 4. The van der Waals surface area contributed by atoms with Gasteiger partial charge in [0, 0.05) is 6.42 Å². The Morgan fingerprint density at radius 3 is 2.68 bits per heavy atom. The van der Waals surface area contributed by atoms with Crippen molar-refractivity contribution in [3.63, 3.8) is 0 Å². The molecule has 106 valence electrons. The lowest BCUT2D eigenvalue weighted by atomic mass is 9.86. The first kappa shape index (κ1) is 12.9. The molecule has 0 aromatic heterocycles. The molecule has 0 aromatic carbocycles. The molecule has 1 heterocycles. The van der Waals surface area contributed by atoms with Crippen molar-refractivity contribution in [2.45, 2.75) is 38.1 Å². The standard InChI is InChI=1S/C14H21NO4/c16-13(5-10-4-8-1-2-9(10)3-8)15-12-7-19-6-11(12)14(17)18/h8-12H,1-7H2,(H,15,16)(H,17,18). The highest BCUT2D eigenvalue weighted by Crippen LogP contribution is 2.49. The first-order valence-corrected chi connectivity index (χ1v) is 7.23. The van der Waals surface area contributed by atoms with Crippen molar-refractivity contribution in [2.75, 3.05) is 13.2 Å². The largest absolute Gasteiger partial charge is 0.481 e. The number of carbonyl (C=O) groups is 2. The third kappa shape index (κ3) is 2.61. The van der Waals surface area contributed by atoms with Gasteiger partial charge in [0.2, 0.25) is 5.91 Å². The number of hydrogen-bond acceptors (Lipinski definition) is 3. The number of fused-ring (bicyclic) bond motifs is 2. The minimum atomic E-state index is -0.886. The summed E-state index contributed by atoms with van der Waals surface area (Å²) < 4.78 is 5.16. The molecule has 5 unspecified atom stereocenters. The van der Waals surface area contributed by atoms with Crippen LogP contribution in [-0.2, 0) is 14.3 Å². The van der Waals surface area contributed by atoms with Crippen LogP contribution in [0.5, 0.6) is 0 Å². The Labute approximate surface area is 112 Å². The van der Waals surface area contributed by atoms with E-state index >= 15 is 0 Å². The second-order valence-electron chi connectivity index (χ2n) is 6.30. The second-order valence-corrected chi connectivity index (χ2v) is 6.30. The maximum atomic E-state index is 12.0. The summed E-state index contributed by atoms with van der Waals surface area (Å²) in [5, 5.41) is 11.9. The lowest BCUT2D eigenvalue weighted by molar-refractivity contribution is -0.142. The van der Waals surface area contributed by atoms with Gasteiger partial charge in [0.05, 0.1) is 19.3 Å². The number of amides is 1. The van der Waals surface area contributed by atoms with E-state index < -0.39 is 11.9 Å². The highest BCUT2D eigenvalue weighted by Gasteiger charge is 2.41. The molecule has 1 saturated heterocycles. The molecule has 5 atom stereocenters. The average Bonchev–Trinajstić information content (AvgIpc) is 3.03. The van der Waals surface area contributed by atoms with Gasteiger partial charge in [-0.3, -0.25) is 9.59 Å². The number of carbonyl (C=O) groups excluding carboxylic acids is 1. The lowest BCUT2D eigenvalue weighted by Gasteiger charge is -2.22. The van der Waals surface area contributed by atoms with Crippen LogP contribution >= 0.6 is 0 Å². The summed E-state index contributed by atoms with van der Waals surface area (Å²) in [5.74, 6) is 0.602. The van der Waals surface area contributed by atoms with E-state index in [0.29, 0.717) is 18.9 Å². The quantitative estimate of drug-likeness (QED) is 0.797. The van der Waals surface area contributed by atoms with Crippen LogP contribution in [0.25, 0.3) is 0 Å². The van der Waals surface area contributed by atoms with Crippen molar-refractivity contribution >= 4 is 11.9 Å². The third-order valence-electron chi connectivity index (χ3n) is 5.08. The highest BCUT2D eigenvalue weighted by molar-refractivity contribution is 5.78. The van der Waals surface area contributed by atoms with E-state index in [1.807, 2.05) is 0 Å². The smallest absolute Gasteiger partial charge is 0.311 e. The molecule has 3 rings (SSSR count). The van der Waals surface area contributed by atoms with Gasteiger partial charge in [-0.25, -0.2) is 0 Å². The number of aliphatic carboxylic acids is 1. The Morgan fingerprint density at radius 1 is 1.21 bits per heavy atom. The molecule has 0 spiro atoms. The van der Waals surface area contributed by atoms with Crippen LogP contribution in [0.15, 0.2) is 0 Å². The van der Waals surface area contributed by atoms with Crippen LogP contribution < -0.4 is 5.32 Å². The number of carboxylic acids is 1. The zero-order valence-corrected chi connectivity index (χ0v) is 11.0. The van der Waals surface area contributed by atoms with Gasteiger partial charge in [-0.1, -0.05) is 6.42 Å². The van der Waals surface area contributed by atoms with Gasteiger partial charge in [0.25, 0.3) is 0 Å². The molecule has 0 radical (unpaired) electrons. The van der Waals surface area contributed by atoms with Crippen molar-refractivity contribution in [1.82, 2.24) is 5.32 Å². The fourth-order valence-electron chi connectivity index (χ4n) is 4.07. The number of carboxylic acid groups (broad SMARTS) is 1. The summed E-state index contributed by atoms with van der Waals surface area (Å²) in [6.45, 7) is 0.522.